The lowest BCUT2D eigenvalue weighted by molar-refractivity contribution is -0.114. The van der Waals surface area contributed by atoms with Crippen LogP contribution in [0.4, 0.5) is 11.4 Å². The van der Waals surface area contributed by atoms with Crippen LogP contribution in [0.15, 0.2) is 61.2 Å². The lowest BCUT2D eigenvalue weighted by Crippen LogP contribution is -2.37. The molecule has 0 spiro atoms. The van der Waals surface area contributed by atoms with Crippen molar-refractivity contribution in [1.82, 2.24) is 0 Å². The summed E-state index contributed by atoms with van der Waals surface area (Å²) >= 11 is 5.92. The lowest BCUT2D eigenvalue weighted by Gasteiger charge is -2.22. The zero-order valence-corrected chi connectivity index (χ0v) is 15.8. The summed E-state index contributed by atoms with van der Waals surface area (Å²) in [5, 5.41) is 3.04. The number of anilines is 2. The number of carbonyl (C=O) groups excluding carboxylic acids is 1. The Morgan fingerprint density at radius 3 is 2.54 bits per heavy atom. The summed E-state index contributed by atoms with van der Waals surface area (Å²) in [6, 6.07) is 13.0. The fourth-order valence-electron chi connectivity index (χ4n) is 2.15. The zero-order chi connectivity index (χ0) is 19.2. The van der Waals surface area contributed by atoms with Crippen molar-refractivity contribution >= 4 is 38.9 Å². The number of hydrogen-bond acceptors (Lipinski definition) is 4. The van der Waals surface area contributed by atoms with Crippen LogP contribution in [-0.4, -0.2) is 33.7 Å². The maximum absolute atomic E-state index is 12.3. The van der Waals surface area contributed by atoms with Crippen LogP contribution in [0.5, 0.6) is 5.75 Å². The van der Waals surface area contributed by atoms with E-state index < -0.39 is 15.9 Å². The Kier molecular flexibility index (Phi) is 6.65. The van der Waals surface area contributed by atoms with E-state index >= 15 is 0 Å². The molecular weight excluding hydrogens is 376 g/mol. The third kappa shape index (κ3) is 5.79. The Bertz CT molecular complexity index is 882. The lowest BCUT2D eigenvalue weighted by atomic mass is 10.3. The molecule has 0 aliphatic carbocycles. The quantitative estimate of drug-likeness (QED) is 0.697. The Balaban J connectivity index is 2.09. The first-order valence-corrected chi connectivity index (χ1v) is 9.89. The molecule has 0 aliphatic rings. The number of halogens is 1. The minimum atomic E-state index is -3.65. The average Bonchev–Trinajstić information content (AvgIpc) is 2.58. The SMILES string of the molecule is C=CCOc1ccc(NC(=O)CN(c2cccc(Cl)c2)S(C)(=O)=O)cc1. The third-order valence-corrected chi connectivity index (χ3v) is 4.67. The van der Waals surface area contributed by atoms with E-state index in [0.717, 1.165) is 10.6 Å². The van der Waals surface area contributed by atoms with Crippen molar-refractivity contribution in [3.63, 3.8) is 0 Å². The number of ether oxygens (including phenoxy) is 1. The van der Waals surface area contributed by atoms with Gasteiger partial charge in [0, 0.05) is 10.7 Å². The molecule has 26 heavy (non-hydrogen) atoms. The number of amides is 1. The van der Waals surface area contributed by atoms with E-state index in [0.29, 0.717) is 28.8 Å². The van der Waals surface area contributed by atoms with Crippen LogP contribution >= 0.6 is 11.6 Å². The van der Waals surface area contributed by atoms with Gasteiger partial charge < -0.3 is 10.1 Å². The Morgan fingerprint density at radius 2 is 1.96 bits per heavy atom. The van der Waals surface area contributed by atoms with Crippen LogP contribution in [0.2, 0.25) is 5.02 Å². The highest BCUT2D eigenvalue weighted by Crippen LogP contribution is 2.22. The molecule has 6 nitrogen and oxygen atoms in total. The van der Waals surface area contributed by atoms with E-state index in [4.69, 9.17) is 16.3 Å². The van der Waals surface area contributed by atoms with E-state index in [2.05, 4.69) is 11.9 Å². The number of nitrogens with zero attached hydrogens (tertiary/aromatic N) is 1. The van der Waals surface area contributed by atoms with E-state index in [1.807, 2.05) is 0 Å². The predicted octanol–water partition coefficient (Wildman–Crippen LogP) is 3.31. The van der Waals surface area contributed by atoms with Gasteiger partial charge in [0.05, 0.1) is 11.9 Å². The molecule has 0 aliphatic heterocycles. The molecule has 138 valence electrons. The van der Waals surface area contributed by atoms with Crippen molar-refractivity contribution in [2.24, 2.45) is 0 Å². The van der Waals surface area contributed by atoms with Gasteiger partial charge in [0.15, 0.2) is 0 Å². The molecule has 0 aromatic heterocycles. The van der Waals surface area contributed by atoms with Crippen molar-refractivity contribution < 1.29 is 17.9 Å². The zero-order valence-electron chi connectivity index (χ0n) is 14.2. The highest BCUT2D eigenvalue weighted by molar-refractivity contribution is 7.92. The number of benzene rings is 2. The smallest absolute Gasteiger partial charge is 0.245 e. The monoisotopic (exact) mass is 394 g/mol. The summed E-state index contributed by atoms with van der Waals surface area (Å²) in [4.78, 5) is 12.3. The van der Waals surface area contributed by atoms with Gasteiger partial charge >= 0.3 is 0 Å². The van der Waals surface area contributed by atoms with Crippen molar-refractivity contribution in [3.05, 3.63) is 66.2 Å². The standard InChI is InChI=1S/C18H19ClN2O4S/c1-3-11-25-17-9-7-15(8-10-17)20-18(22)13-21(26(2,23)24)16-6-4-5-14(19)12-16/h3-10,12H,1,11,13H2,2H3,(H,20,22). The summed E-state index contributed by atoms with van der Waals surface area (Å²) in [5.41, 5.74) is 0.851. The van der Waals surface area contributed by atoms with Gasteiger partial charge in [-0.15, -0.1) is 0 Å². The second kappa shape index (κ2) is 8.73. The molecule has 2 rings (SSSR count). The van der Waals surface area contributed by atoms with Gasteiger partial charge in [-0.25, -0.2) is 8.42 Å². The predicted molar refractivity (Wildman–Crippen MR) is 104 cm³/mol. The summed E-state index contributed by atoms with van der Waals surface area (Å²) in [7, 11) is -3.65. The maximum Gasteiger partial charge on any atom is 0.245 e. The van der Waals surface area contributed by atoms with E-state index in [1.54, 1.807) is 48.5 Å². The van der Waals surface area contributed by atoms with Crippen LogP contribution in [-0.2, 0) is 14.8 Å². The highest BCUT2D eigenvalue weighted by Gasteiger charge is 2.21. The molecule has 2 aromatic carbocycles. The number of nitrogens with one attached hydrogen (secondary N) is 1. The first-order valence-electron chi connectivity index (χ1n) is 7.66. The largest absolute Gasteiger partial charge is 0.490 e. The minimum Gasteiger partial charge on any atom is -0.490 e. The van der Waals surface area contributed by atoms with Gasteiger partial charge in [-0.3, -0.25) is 9.10 Å². The molecule has 2 aromatic rings. The molecule has 1 amide bonds. The number of hydrogen-bond donors (Lipinski definition) is 1. The third-order valence-electron chi connectivity index (χ3n) is 3.29. The van der Waals surface area contributed by atoms with Crippen molar-refractivity contribution in [2.75, 3.05) is 29.0 Å². The van der Waals surface area contributed by atoms with Gasteiger partial charge in [0.25, 0.3) is 0 Å². The van der Waals surface area contributed by atoms with Crippen LogP contribution in [0.1, 0.15) is 0 Å². The Labute approximate surface area is 158 Å². The van der Waals surface area contributed by atoms with Crippen LogP contribution in [0.25, 0.3) is 0 Å². The summed E-state index contributed by atoms with van der Waals surface area (Å²) < 4.78 is 30.5. The van der Waals surface area contributed by atoms with Crippen molar-refractivity contribution in [2.45, 2.75) is 0 Å². The summed E-state index contributed by atoms with van der Waals surface area (Å²) in [6.45, 7) is 3.58. The van der Waals surface area contributed by atoms with Crippen LogP contribution < -0.4 is 14.4 Å². The molecule has 0 saturated carbocycles. The molecule has 0 radical (unpaired) electrons. The van der Waals surface area contributed by atoms with Crippen molar-refractivity contribution in [1.29, 1.82) is 0 Å². The molecule has 0 bridgehead atoms. The topological polar surface area (TPSA) is 75.7 Å². The summed E-state index contributed by atoms with van der Waals surface area (Å²) in [6.07, 6.45) is 2.66. The first kappa shape index (κ1) is 19.8. The van der Waals surface area contributed by atoms with Crippen LogP contribution in [0, 0.1) is 0 Å². The van der Waals surface area contributed by atoms with Crippen molar-refractivity contribution in [3.8, 4) is 5.75 Å². The molecule has 8 heteroatoms. The van der Waals surface area contributed by atoms with Gasteiger partial charge in [0.1, 0.15) is 18.9 Å². The van der Waals surface area contributed by atoms with E-state index in [9.17, 15) is 13.2 Å². The number of sulfonamides is 1. The average molecular weight is 395 g/mol. The van der Waals surface area contributed by atoms with Gasteiger partial charge in [-0.05, 0) is 42.5 Å². The molecule has 0 fully saturated rings. The van der Waals surface area contributed by atoms with Gasteiger partial charge in [0.2, 0.25) is 15.9 Å². The fourth-order valence-corrected chi connectivity index (χ4v) is 3.18. The summed E-state index contributed by atoms with van der Waals surface area (Å²) in [5.74, 6) is 0.162. The molecule has 0 atom stereocenters. The molecule has 0 heterocycles. The normalized spacial score (nSPS) is 10.8. The van der Waals surface area contributed by atoms with Crippen LogP contribution in [0.3, 0.4) is 0 Å². The number of carbonyl (C=O) groups is 1. The molecular formula is C18H19ClN2O4S. The Morgan fingerprint density at radius 1 is 1.27 bits per heavy atom. The second-order valence-electron chi connectivity index (χ2n) is 5.42. The van der Waals surface area contributed by atoms with Gasteiger partial charge in [-0.2, -0.15) is 0 Å². The first-order chi connectivity index (χ1) is 12.3. The molecule has 0 saturated heterocycles. The van der Waals surface area contributed by atoms with E-state index in [-0.39, 0.29) is 6.54 Å². The van der Waals surface area contributed by atoms with Gasteiger partial charge in [-0.1, -0.05) is 30.3 Å². The second-order valence-corrected chi connectivity index (χ2v) is 7.76. The molecule has 0 unspecified atom stereocenters. The fraction of sp³-hybridized carbons (Fsp3) is 0.167. The minimum absolute atomic E-state index is 0.323. The Hall–Kier alpha value is -2.51. The van der Waals surface area contributed by atoms with E-state index in [1.165, 1.54) is 6.07 Å². The highest BCUT2D eigenvalue weighted by atomic mass is 35.5. The maximum atomic E-state index is 12.3. The number of rotatable bonds is 8. The molecule has 1 N–H and O–H groups in total.